The lowest BCUT2D eigenvalue weighted by atomic mass is 9.80. The van der Waals surface area contributed by atoms with Gasteiger partial charge in [0.2, 0.25) is 0 Å². The summed E-state index contributed by atoms with van der Waals surface area (Å²) in [7, 11) is 0. The maximum absolute atomic E-state index is 6.63. The molecule has 0 unspecified atom stereocenters. The largest absolute Gasteiger partial charge is 0.485 e. The van der Waals surface area contributed by atoms with Crippen molar-refractivity contribution < 1.29 is 9.47 Å². The van der Waals surface area contributed by atoms with Crippen LogP contribution in [0.3, 0.4) is 0 Å². The summed E-state index contributed by atoms with van der Waals surface area (Å²) in [4.78, 5) is 9.06. The molecule has 4 aromatic carbocycles. The van der Waals surface area contributed by atoms with Crippen molar-refractivity contribution in [3.8, 4) is 52.6 Å². The monoisotopic (exact) mass is 951 g/mol. The first-order valence-electron chi connectivity index (χ1n) is 25.5. The van der Waals surface area contributed by atoms with E-state index in [4.69, 9.17) is 9.47 Å². The molecular formula is C62H65NO2S3. The van der Waals surface area contributed by atoms with Crippen molar-refractivity contribution in [1.29, 1.82) is 0 Å². The average Bonchev–Trinajstić information content (AvgIpc) is 4.18. The quantitative estimate of drug-likeness (QED) is 0.0901. The zero-order chi connectivity index (χ0) is 46.6. The standard InChI is InChI=1S/C62H65NO2S3/c1-7-9-11-13-19-40-33-36-66-57(40)54-37-42(20-14-12-10-8-2)59(67-54)60-56-55(64-34-35-65-56)58(68-60)41-25-27-43(28-26-41)63(44-29-31-48-46-21-15-17-23-50(46)61(3,4)52(48)38-44)45-30-32-49-47-22-16-18-24-51(47)62(5,6)53(49)39-45/h15,17-18,21,23-33,36-39H,7-14,16,19-20,22,34-35H2,1-6H3. The van der Waals surface area contributed by atoms with E-state index < -0.39 is 0 Å². The second kappa shape index (κ2) is 18.6. The topological polar surface area (TPSA) is 21.7 Å². The van der Waals surface area contributed by atoms with Gasteiger partial charge in [0.1, 0.15) is 13.2 Å². The number of ether oxygens (including phenoxy) is 2. The second-order valence-corrected chi connectivity index (χ2v) is 23.4. The summed E-state index contributed by atoms with van der Waals surface area (Å²) in [6.07, 6.45) is 19.3. The lowest BCUT2D eigenvalue weighted by molar-refractivity contribution is 0.175. The van der Waals surface area contributed by atoms with Crippen molar-refractivity contribution in [2.75, 3.05) is 18.1 Å². The van der Waals surface area contributed by atoms with Crippen LogP contribution in [0.5, 0.6) is 11.5 Å². The number of benzene rings is 4. The lowest BCUT2D eigenvalue weighted by Crippen LogP contribution is -2.18. The van der Waals surface area contributed by atoms with E-state index in [0.717, 1.165) is 53.3 Å². The number of unbranched alkanes of at least 4 members (excludes halogenated alkanes) is 6. The van der Waals surface area contributed by atoms with Crippen LogP contribution in [0.15, 0.2) is 120 Å². The summed E-state index contributed by atoms with van der Waals surface area (Å²) < 4.78 is 13.2. The zero-order valence-corrected chi connectivity index (χ0v) is 43.3. The van der Waals surface area contributed by atoms with Crippen LogP contribution in [-0.4, -0.2) is 13.2 Å². The van der Waals surface area contributed by atoms with Crippen LogP contribution in [-0.2, 0) is 23.7 Å². The highest BCUT2D eigenvalue weighted by atomic mass is 32.1. The van der Waals surface area contributed by atoms with E-state index in [2.05, 4.69) is 161 Å². The Hall–Kier alpha value is -5.14. The van der Waals surface area contributed by atoms with Crippen molar-refractivity contribution in [2.24, 2.45) is 0 Å². The van der Waals surface area contributed by atoms with Gasteiger partial charge in [0.05, 0.1) is 14.6 Å². The predicted molar refractivity (Wildman–Crippen MR) is 294 cm³/mol. The van der Waals surface area contributed by atoms with Crippen LogP contribution >= 0.6 is 34.0 Å². The lowest BCUT2D eigenvalue weighted by Gasteiger charge is -2.30. The van der Waals surface area contributed by atoms with Gasteiger partial charge in [-0.3, -0.25) is 0 Å². The molecule has 7 aromatic rings. The van der Waals surface area contributed by atoms with Crippen molar-refractivity contribution in [1.82, 2.24) is 0 Å². The number of hydrogen-bond acceptors (Lipinski definition) is 6. The van der Waals surface area contributed by atoms with E-state index in [9.17, 15) is 0 Å². The molecule has 0 saturated heterocycles. The van der Waals surface area contributed by atoms with E-state index in [1.54, 1.807) is 0 Å². The molecule has 0 radical (unpaired) electrons. The van der Waals surface area contributed by atoms with Gasteiger partial charge in [0, 0.05) is 37.6 Å². The van der Waals surface area contributed by atoms with Crippen molar-refractivity contribution >= 4 is 56.6 Å². The highest BCUT2D eigenvalue weighted by Crippen LogP contribution is 2.58. The van der Waals surface area contributed by atoms with E-state index in [1.807, 2.05) is 34.0 Å². The molecule has 0 saturated carbocycles. The van der Waals surface area contributed by atoms with Crippen LogP contribution < -0.4 is 14.4 Å². The van der Waals surface area contributed by atoms with Gasteiger partial charge in [0.25, 0.3) is 0 Å². The number of nitrogens with zero attached hydrogens (tertiary/aromatic N) is 1. The van der Waals surface area contributed by atoms with E-state index in [-0.39, 0.29) is 10.8 Å². The number of rotatable bonds is 16. The SMILES string of the molecule is CCCCCCc1ccsc1-c1cc(CCCCCC)c(-c2sc(-c3ccc(N(c4ccc5c(c4)C(C)(C)C4=C5CCC=C4)c4ccc5c(c4)C(C)(C)c4ccccc4-5)cc3)c3c2OCCO3)s1. The van der Waals surface area contributed by atoms with Crippen LogP contribution in [0, 0.1) is 0 Å². The van der Waals surface area contributed by atoms with Gasteiger partial charge in [-0.2, -0.15) is 0 Å². The Morgan fingerprint density at radius 2 is 1.21 bits per heavy atom. The molecule has 4 heterocycles. The Morgan fingerprint density at radius 1 is 0.559 bits per heavy atom. The molecule has 1 aliphatic heterocycles. The summed E-state index contributed by atoms with van der Waals surface area (Å²) in [6.45, 7) is 15.3. The Bertz CT molecular complexity index is 3060. The molecule has 68 heavy (non-hydrogen) atoms. The van der Waals surface area contributed by atoms with Gasteiger partial charge in [-0.1, -0.05) is 141 Å². The minimum absolute atomic E-state index is 0.0637. The highest BCUT2D eigenvalue weighted by Gasteiger charge is 2.39. The summed E-state index contributed by atoms with van der Waals surface area (Å²) in [5, 5.41) is 2.30. The first-order chi connectivity index (χ1) is 33.2. The maximum Gasteiger partial charge on any atom is 0.181 e. The Kier molecular flexibility index (Phi) is 12.4. The number of fused-ring (bicyclic) bond motifs is 6. The predicted octanol–water partition coefficient (Wildman–Crippen LogP) is 19.1. The second-order valence-electron chi connectivity index (χ2n) is 20.4. The fourth-order valence-corrected chi connectivity index (χ4v) is 15.3. The van der Waals surface area contributed by atoms with Gasteiger partial charge in [-0.15, -0.1) is 34.0 Å². The van der Waals surface area contributed by atoms with E-state index >= 15 is 0 Å². The fourth-order valence-electron chi connectivity index (χ4n) is 11.6. The molecule has 348 valence electrons. The fraction of sp³-hybridized carbons (Fsp3) is 0.355. The Morgan fingerprint density at radius 3 is 1.94 bits per heavy atom. The smallest absolute Gasteiger partial charge is 0.181 e. The molecule has 3 nitrogen and oxygen atoms in total. The van der Waals surface area contributed by atoms with Gasteiger partial charge < -0.3 is 14.4 Å². The van der Waals surface area contributed by atoms with Gasteiger partial charge in [0.15, 0.2) is 11.5 Å². The summed E-state index contributed by atoms with van der Waals surface area (Å²) in [6, 6.07) is 37.5. The van der Waals surface area contributed by atoms with Gasteiger partial charge >= 0.3 is 0 Å². The third-order valence-corrected chi connectivity index (χ3v) is 19.0. The molecule has 0 fully saturated rings. The van der Waals surface area contributed by atoms with Crippen LogP contribution in [0.2, 0.25) is 0 Å². The van der Waals surface area contributed by atoms with E-state index in [0.29, 0.717) is 13.2 Å². The number of hydrogen-bond donors (Lipinski definition) is 0. The summed E-state index contributed by atoms with van der Waals surface area (Å²) in [5.41, 5.74) is 18.7. The molecule has 3 aromatic heterocycles. The molecule has 0 atom stereocenters. The number of thiophene rings is 3. The Balaban J connectivity index is 0.986. The molecule has 0 amide bonds. The third kappa shape index (κ3) is 7.93. The number of aryl methyl sites for hydroxylation is 2. The van der Waals surface area contributed by atoms with Gasteiger partial charge in [-0.25, -0.2) is 0 Å². The molecule has 11 rings (SSSR count). The third-order valence-electron chi connectivity index (χ3n) is 15.3. The molecule has 0 N–H and O–H groups in total. The average molecular weight is 952 g/mol. The molecule has 4 aliphatic rings. The molecule has 3 aliphatic carbocycles. The maximum atomic E-state index is 6.63. The number of anilines is 3. The van der Waals surface area contributed by atoms with Crippen molar-refractivity contribution in [2.45, 2.75) is 129 Å². The molecular weight excluding hydrogens is 887 g/mol. The normalized spacial score (nSPS) is 15.9. The van der Waals surface area contributed by atoms with Gasteiger partial charge in [-0.05, 0) is 154 Å². The molecule has 6 heteroatoms. The van der Waals surface area contributed by atoms with Crippen molar-refractivity contribution in [3.05, 3.63) is 154 Å². The summed E-state index contributed by atoms with van der Waals surface area (Å²) in [5.74, 6) is 1.82. The minimum atomic E-state index is -0.107. The van der Waals surface area contributed by atoms with E-state index in [1.165, 1.54) is 138 Å². The molecule has 0 spiro atoms. The van der Waals surface area contributed by atoms with Crippen LogP contribution in [0.25, 0.3) is 46.6 Å². The Labute approximate surface area is 417 Å². The summed E-state index contributed by atoms with van der Waals surface area (Å²) >= 11 is 5.73. The van der Waals surface area contributed by atoms with Crippen molar-refractivity contribution in [3.63, 3.8) is 0 Å². The van der Waals surface area contributed by atoms with Crippen LogP contribution in [0.4, 0.5) is 17.1 Å². The number of allylic oxidation sites excluding steroid dienone is 4. The molecule has 0 bridgehead atoms. The first-order valence-corrected chi connectivity index (χ1v) is 28.0. The van der Waals surface area contributed by atoms with Crippen LogP contribution in [0.1, 0.15) is 139 Å². The minimum Gasteiger partial charge on any atom is -0.485 e. The highest BCUT2D eigenvalue weighted by molar-refractivity contribution is 7.27. The zero-order valence-electron chi connectivity index (χ0n) is 40.9. The first kappa shape index (κ1) is 45.3.